The van der Waals surface area contributed by atoms with Crippen molar-refractivity contribution in [2.75, 3.05) is 5.73 Å². The van der Waals surface area contributed by atoms with E-state index in [1.165, 1.54) is 12.1 Å². The molecule has 0 saturated heterocycles. The molecule has 0 unspecified atom stereocenters. The van der Waals surface area contributed by atoms with E-state index in [0.717, 1.165) is 5.56 Å². The molecule has 17 heavy (non-hydrogen) atoms. The Hall–Kier alpha value is -2.49. The van der Waals surface area contributed by atoms with Crippen LogP contribution in [0.25, 0.3) is 11.1 Å². The van der Waals surface area contributed by atoms with Crippen molar-refractivity contribution in [3.8, 4) is 16.9 Å². The lowest BCUT2D eigenvalue weighted by Crippen LogP contribution is -1.95. The first-order chi connectivity index (χ1) is 8.09. The molecule has 4 heteroatoms. The van der Waals surface area contributed by atoms with Gasteiger partial charge in [-0.2, -0.15) is 0 Å². The molecule has 0 fully saturated rings. The molecule has 0 radical (unpaired) electrons. The summed E-state index contributed by atoms with van der Waals surface area (Å²) in [5.41, 5.74) is 7.40. The summed E-state index contributed by atoms with van der Waals surface area (Å²) in [6.45, 7) is 0. The van der Waals surface area contributed by atoms with Gasteiger partial charge in [0.15, 0.2) is 0 Å². The number of phenols is 1. The molecule has 0 atom stereocenters. The van der Waals surface area contributed by atoms with Gasteiger partial charge in [-0.05, 0) is 23.8 Å². The van der Waals surface area contributed by atoms with Crippen LogP contribution in [0.15, 0.2) is 42.5 Å². The van der Waals surface area contributed by atoms with Gasteiger partial charge in [-0.15, -0.1) is 0 Å². The van der Waals surface area contributed by atoms with Crippen molar-refractivity contribution in [3.05, 3.63) is 48.0 Å². The molecule has 0 aromatic heterocycles. The molecule has 2 aromatic carbocycles. The summed E-state index contributed by atoms with van der Waals surface area (Å²) in [6, 6.07) is 11.3. The second kappa shape index (κ2) is 4.17. The van der Waals surface area contributed by atoms with Crippen LogP contribution < -0.4 is 5.73 Å². The average molecular weight is 229 g/mol. The topological polar surface area (TPSA) is 83.6 Å². The maximum atomic E-state index is 10.7. The standard InChI is InChI=1S/C13H11NO3/c14-11-3-1-2-10(12(11)15)8-4-6-9(7-5-8)13(16)17/h1-7,15H,14H2,(H,16,17). The summed E-state index contributed by atoms with van der Waals surface area (Å²) in [6.07, 6.45) is 0. The number of carboxylic acids is 1. The molecule has 0 aliphatic rings. The van der Waals surface area contributed by atoms with E-state index in [-0.39, 0.29) is 11.3 Å². The van der Waals surface area contributed by atoms with Gasteiger partial charge in [-0.3, -0.25) is 0 Å². The van der Waals surface area contributed by atoms with Crippen LogP contribution >= 0.6 is 0 Å². The van der Waals surface area contributed by atoms with Gasteiger partial charge in [-0.1, -0.05) is 24.3 Å². The largest absolute Gasteiger partial charge is 0.505 e. The average Bonchev–Trinajstić information content (AvgIpc) is 2.33. The van der Waals surface area contributed by atoms with Crippen LogP contribution in [0, 0.1) is 0 Å². The SMILES string of the molecule is Nc1cccc(-c2ccc(C(=O)O)cc2)c1O. The maximum absolute atomic E-state index is 10.7. The van der Waals surface area contributed by atoms with Crippen LogP contribution in [-0.2, 0) is 0 Å². The zero-order valence-electron chi connectivity index (χ0n) is 8.92. The Morgan fingerprint density at radius 3 is 2.29 bits per heavy atom. The van der Waals surface area contributed by atoms with Gasteiger partial charge in [0.25, 0.3) is 0 Å². The van der Waals surface area contributed by atoms with Crippen LogP contribution in [0.4, 0.5) is 5.69 Å². The predicted molar refractivity (Wildman–Crippen MR) is 64.9 cm³/mol. The molecule has 2 aromatic rings. The van der Waals surface area contributed by atoms with Crippen molar-refractivity contribution in [1.82, 2.24) is 0 Å². The Bertz CT molecular complexity index is 561. The second-order valence-corrected chi connectivity index (χ2v) is 3.63. The highest BCUT2D eigenvalue weighted by Crippen LogP contribution is 2.33. The Morgan fingerprint density at radius 1 is 1.06 bits per heavy atom. The van der Waals surface area contributed by atoms with Crippen LogP contribution in [-0.4, -0.2) is 16.2 Å². The summed E-state index contributed by atoms with van der Waals surface area (Å²) in [7, 11) is 0. The number of hydrogen-bond acceptors (Lipinski definition) is 3. The lowest BCUT2D eigenvalue weighted by molar-refractivity contribution is 0.0697. The van der Waals surface area contributed by atoms with Gasteiger partial charge < -0.3 is 15.9 Å². The van der Waals surface area contributed by atoms with E-state index >= 15 is 0 Å². The minimum absolute atomic E-state index is 0.00979. The quantitative estimate of drug-likeness (QED) is 0.545. The number of aromatic hydroxyl groups is 1. The summed E-state index contributed by atoms with van der Waals surface area (Å²) in [4.78, 5) is 10.7. The third-order valence-corrected chi connectivity index (χ3v) is 2.51. The van der Waals surface area contributed by atoms with Gasteiger partial charge in [0.2, 0.25) is 0 Å². The molecular weight excluding hydrogens is 218 g/mol. The minimum atomic E-state index is -0.978. The normalized spacial score (nSPS) is 10.1. The molecule has 0 bridgehead atoms. The molecule has 86 valence electrons. The molecular formula is C13H11NO3. The van der Waals surface area contributed by atoms with Crippen molar-refractivity contribution < 1.29 is 15.0 Å². The van der Waals surface area contributed by atoms with Crippen LogP contribution in [0.2, 0.25) is 0 Å². The number of phenolic OH excluding ortho intramolecular Hbond substituents is 1. The zero-order valence-corrected chi connectivity index (χ0v) is 8.92. The summed E-state index contributed by atoms with van der Waals surface area (Å²) < 4.78 is 0. The van der Waals surface area contributed by atoms with E-state index in [1.54, 1.807) is 30.3 Å². The molecule has 0 aliphatic heterocycles. The van der Waals surface area contributed by atoms with E-state index in [9.17, 15) is 9.90 Å². The van der Waals surface area contributed by atoms with E-state index in [1.807, 2.05) is 0 Å². The van der Waals surface area contributed by atoms with Gasteiger partial charge in [0.05, 0.1) is 11.3 Å². The predicted octanol–water partition coefficient (Wildman–Crippen LogP) is 2.34. The van der Waals surface area contributed by atoms with Crippen LogP contribution in [0.1, 0.15) is 10.4 Å². The Balaban J connectivity index is 2.47. The van der Waals surface area contributed by atoms with Crippen molar-refractivity contribution in [1.29, 1.82) is 0 Å². The third-order valence-electron chi connectivity index (χ3n) is 2.51. The fourth-order valence-electron chi connectivity index (χ4n) is 1.59. The summed E-state index contributed by atoms with van der Waals surface area (Å²) >= 11 is 0. The lowest BCUT2D eigenvalue weighted by atomic mass is 10.0. The first-order valence-corrected chi connectivity index (χ1v) is 5.01. The monoisotopic (exact) mass is 229 g/mol. The van der Waals surface area contributed by atoms with E-state index in [4.69, 9.17) is 10.8 Å². The van der Waals surface area contributed by atoms with Gasteiger partial charge >= 0.3 is 5.97 Å². The summed E-state index contributed by atoms with van der Waals surface area (Å²) in [5.74, 6) is -0.969. The molecule has 2 rings (SSSR count). The highest BCUT2D eigenvalue weighted by atomic mass is 16.4. The van der Waals surface area contributed by atoms with Crippen LogP contribution in [0.5, 0.6) is 5.75 Å². The maximum Gasteiger partial charge on any atom is 0.335 e. The van der Waals surface area contributed by atoms with Crippen molar-refractivity contribution in [3.63, 3.8) is 0 Å². The van der Waals surface area contributed by atoms with Crippen molar-refractivity contribution in [2.24, 2.45) is 0 Å². The number of hydrogen-bond donors (Lipinski definition) is 3. The molecule has 0 aliphatic carbocycles. The second-order valence-electron chi connectivity index (χ2n) is 3.63. The molecule has 0 saturated carbocycles. The number of para-hydroxylation sites is 1. The number of anilines is 1. The van der Waals surface area contributed by atoms with Gasteiger partial charge in [-0.25, -0.2) is 4.79 Å². The molecule has 0 amide bonds. The van der Waals surface area contributed by atoms with Gasteiger partial charge in [0, 0.05) is 5.56 Å². The highest BCUT2D eigenvalue weighted by molar-refractivity contribution is 5.88. The van der Waals surface area contributed by atoms with Crippen molar-refractivity contribution >= 4 is 11.7 Å². The first-order valence-electron chi connectivity index (χ1n) is 5.01. The zero-order chi connectivity index (χ0) is 12.4. The van der Waals surface area contributed by atoms with Gasteiger partial charge in [0.1, 0.15) is 5.75 Å². The summed E-state index contributed by atoms with van der Waals surface area (Å²) in [5, 5.41) is 18.6. The number of carboxylic acid groups (broad SMARTS) is 1. The van der Waals surface area contributed by atoms with Crippen LogP contribution in [0.3, 0.4) is 0 Å². The molecule has 4 nitrogen and oxygen atoms in total. The third kappa shape index (κ3) is 2.06. The number of nitrogens with two attached hydrogens (primary N) is 1. The van der Waals surface area contributed by atoms with E-state index in [2.05, 4.69) is 0 Å². The van der Waals surface area contributed by atoms with Crippen molar-refractivity contribution in [2.45, 2.75) is 0 Å². The smallest absolute Gasteiger partial charge is 0.335 e. The fourth-order valence-corrected chi connectivity index (χ4v) is 1.59. The Morgan fingerprint density at radius 2 is 1.71 bits per heavy atom. The first kappa shape index (κ1) is 11.0. The fraction of sp³-hybridized carbons (Fsp3) is 0. The molecule has 0 heterocycles. The lowest BCUT2D eigenvalue weighted by Gasteiger charge is -2.07. The Kier molecular flexibility index (Phi) is 2.70. The number of nitrogen functional groups attached to an aromatic ring is 1. The number of benzene rings is 2. The number of rotatable bonds is 2. The minimum Gasteiger partial charge on any atom is -0.505 e. The number of aromatic carboxylic acids is 1. The van der Waals surface area contributed by atoms with E-state index < -0.39 is 5.97 Å². The highest BCUT2D eigenvalue weighted by Gasteiger charge is 2.08. The van der Waals surface area contributed by atoms with E-state index in [0.29, 0.717) is 11.3 Å². The molecule has 0 spiro atoms. The molecule has 4 N–H and O–H groups in total. The Labute approximate surface area is 97.9 Å². The number of carbonyl (C=O) groups is 1.